The molecule has 0 aliphatic rings. The van der Waals surface area contributed by atoms with Crippen LogP contribution in [0.25, 0.3) is 10.8 Å². The van der Waals surface area contributed by atoms with E-state index in [1.165, 1.54) is 4.90 Å². The van der Waals surface area contributed by atoms with Gasteiger partial charge in [0.1, 0.15) is 17.7 Å². The topological polar surface area (TPSA) is 108 Å². The first-order valence-corrected chi connectivity index (χ1v) is 13.1. The SMILES string of the molecule is Cc1cccc(C(C(=O)Nc2ccc3ccccc3c2)N(C(=O)C(CO)NC(=O)OC(C)(C)C)C(C)C)c1C. The molecule has 208 valence electrons. The van der Waals surface area contributed by atoms with Crippen LogP contribution >= 0.6 is 0 Å². The zero-order valence-corrected chi connectivity index (χ0v) is 23.7. The molecule has 0 radical (unpaired) electrons. The van der Waals surface area contributed by atoms with Gasteiger partial charge in [0.25, 0.3) is 5.91 Å². The molecule has 3 aromatic carbocycles. The molecule has 0 heterocycles. The fourth-order valence-electron chi connectivity index (χ4n) is 4.46. The van der Waals surface area contributed by atoms with Gasteiger partial charge in [0.15, 0.2) is 0 Å². The van der Waals surface area contributed by atoms with Crippen molar-refractivity contribution < 1.29 is 24.2 Å². The van der Waals surface area contributed by atoms with Crippen molar-refractivity contribution in [1.82, 2.24) is 10.2 Å². The first-order chi connectivity index (χ1) is 18.3. The summed E-state index contributed by atoms with van der Waals surface area (Å²) in [5.74, 6) is -1.01. The average molecular weight is 534 g/mol. The minimum absolute atomic E-state index is 0.407. The number of hydrogen-bond acceptors (Lipinski definition) is 5. The molecule has 0 saturated carbocycles. The molecule has 0 fully saturated rings. The Morgan fingerprint density at radius 3 is 2.23 bits per heavy atom. The Hall–Kier alpha value is -3.91. The molecular formula is C31H39N3O5. The summed E-state index contributed by atoms with van der Waals surface area (Å²) in [6.07, 6.45) is -0.831. The smallest absolute Gasteiger partial charge is 0.408 e. The number of benzene rings is 3. The molecule has 39 heavy (non-hydrogen) atoms. The van der Waals surface area contributed by atoms with E-state index in [9.17, 15) is 19.5 Å². The van der Waals surface area contributed by atoms with E-state index in [-0.39, 0.29) is 0 Å². The number of amides is 3. The lowest BCUT2D eigenvalue weighted by atomic mass is 9.94. The number of aryl methyl sites for hydroxylation is 1. The Labute approximate surface area is 230 Å². The van der Waals surface area contributed by atoms with E-state index in [1.807, 2.05) is 74.5 Å². The minimum Gasteiger partial charge on any atom is -0.444 e. The summed E-state index contributed by atoms with van der Waals surface area (Å²) in [7, 11) is 0. The Morgan fingerprint density at radius 2 is 1.62 bits per heavy atom. The van der Waals surface area contributed by atoms with Crippen LogP contribution in [0.3, 0.4) is 0 Å². The number of aliphatic hydroxyl groups is 1. The summed E-state index contributed by atoms with van der Waals surface area (Å²) < 4.78 is 5.29. The molecule has 0 spiro atoms. The molecule has 3 amide bonds. The second-order valence-electron chi connectivity index (χ2n) is 11.0. The number of anilines is 1. The number of nitrogens with zero attached hydrogens (tertiary/aromatic N) is 1. The molecule has 0 bridgehead atoms. The summed E-state index contributed by atoms with van der Waals surface area (Å²) in [6, 6.07) is 16.3. The van der Waals surface area contributed by atoms with E-state index in [0.29, 0.717) is 11.3 Å². The van der Waals surface area contributed by atoms with Gasteiger partial charge in [0, 0.05) is 11.7 Å². The third-order valence-electron chi connectivity index (χ3n) is 6.47. The van der Waals surface area contributed by atoms with Gasteiger partial charge in [-0.2, -0.15) is 0 Å². The Morgan fingerprint density at radius 1 is 0.949 bits per heavy atom. The lowest BCUT2D eigenvalue weighted by Gasteiger charge is -2.37. The molecule has 3 aromatic rings. The molecule has 0 aliphatic carbocycles. The maximum atomic E-state index is 14.0. The molecule has 2 atom stereocenters. The zero-order valence-electron chi connectivity index (χ0n) is 23.7. The minimum atomic E-state index is -1.30. The predicted octanol–water partition coefficient (Wildman–Crippen LogP) is 5.26. The van der Waals surface area contributed by atoms with Crippen LogP contribution in [0.4, 0.5) is 10.5 Å². The van der Waals surface area contributed by atoms with Crippen LogP contribution in [-0.4, -0.2) is 52.2 Å². The third-order valence-corrected chi connectivity index (χ3v) is 6.47. The number of carbonyl (C=O) groups is 3. The highest BCUT2D eigenvalue weighted by Crippen LogP contribution is 2.30. The lowest BCUT2D eigenvalue weighted by Crippen LogP contribution is -2.55. The maximum absolute atomic E-state index is 14.0. The van der Waals surface area contributed by atoms with Crippen molar-refractivity contribution in [1.29, 1.82) is 0 Å². The number of alkyl carbamates (subject to hydrolysis) is 1. The Kier molecular flexibility index (Phi) is 9.35. The van der Waals surface area contributed by atoms with Crippen molar-refractivity contribution in [3.05, 3.63) is 77.4 Å². The largest absolute Gasteiger partial charge is 0.444 e. The Bertz CT molecular complexity index is 1350. The van der Waals surface area contributed by atoms with Crippen molar-refractivity contribution >= 4 is 34.4 Å². The van der Waals surface area contributed by atoms with E-state index in [1.54, 1.807) is 34.6 Å². The van der Waals surface area contributed by atoms with Crippen LogP contribution in [0.15, 0.2) is 60.7 Å². The van der Waals surface area contributed by atoms with Crippen molar-refractivity contribution in [2.24, 2.45) is 0 Å². The molecule has 8 heteroatoms. The molecule has 0 aliphatic heterocycles. The number of nitrogens with one attached hydrogen (secondary N) is 2. The van der Waals surface area contributed by atoms with Crippen LogP contribution in [0.2, 0.25) is 0 Å². The highest BCUT2D eigenvalue weighted by atomic mass is 16.6. The average Bonchev–Trinajstić information content (AvgIpc) is 2.86. The van der Waals surface area contributed by atoms with Crippen LogP contribution in [0.5, 0.6) is 0 Å². The summed E-state index contributed by atoms with van der Waals surface area (Å²) in [4.78, 5) is 41.7. The lowest BCUT2D eigenvalue weighted by molar-refractivity contribution is -0.143. The normalized spacial score (nSPS) is 13.1. The van der Waals surface area contributed by atoms with Crippen molar-refractivity contribution in [2.45, 2.75) is 72.2 Å². The third kappa shape index (κ3) is 7.35. The van der Waals surface area contributed by atoms with Gasteiger partial charge >= 0.3 is 6.09 Å². The van der Waals surface area contributed by atoms with Crippen molar-refractivity contribution in [3.8, 4) is 0 Å². The van der Waals surface area contributed by atoms with Gasteiger partial charge in [-0.25, -0.2) is 4.79 Å². The van der Waals surface area contributed by atoms with Crippen molar-refractivity contribution in [2.75, 3.05) is 11.9 Å². The quantitative estimate of drug-likeness (QED) is 0.366. The fourth-order valence-corrected chi connectivity index (χ4v) is 4.46. The van der Waals surface area contributed by atoms with Gasteiger partial charge < -0.3 is 25.4 Å². The van der Waals surface area contributed by atoms with Crippen LogP contribution in [-0.2, 0) is 14.3 Å². The number of ether oxygens (including phenoxy) is 1. The first kappa shape index (κ1) is 29.6. The Balaban J connectivity index is 2.02. The number of rotatable bonds is 8. The van der Waals surface area contributed by atoms with Crippen LogP contribution in [0, 0.1) is 13.8 Å². The standard InChI is InChI=1S/C31H39N3O5/c1-19(2)34(29(37)26(18-35)33-30(38)39-31(5,6)7)27(25-14-10-11-20(3)21(25)4)28(36)32-24-16-15-22-12-8-9-13-23(22)17-24/h8-17,19,26-27,35H,18H2,1-7H3,(H,32,36)(H,33,38). The monoisotopic (exact) mass is 533 g/mol. The second-order valence-corrected chi connectivity index (χ2v) is 11.0. The molecule has 3 N–H and O–H groups in total. The van der Waals surface area contributed by atoms with E-state index < -0.39 is 48.2 Å². The first-order valence-electron chi connectivity index (χ1n) is 13.1. The van der Waals surface area contributed by atoms with Crippen LogP contribution in [0.1, 0.15) is 57.4 Å². The number of carbonyl (C=O) groups excluding carboxylic acids is 3. The van der Waals surface area contributed by atoms with Gasteiger partial charge in [-0.1, -0.05) is 48.5 Å². The highest BCUT2D eigenvalue weighted by Gasteiger charge is 2.38. The van der Waals surface area contributed by atoms with Gasteiger partial charge in [-0.15, -0.1) is 0 Å². The van der Waals surface area contributed by atoms with Gasteiger partial charge in [0.2, 0.25) is 5.91 Å². The maximum Gasteiger partial charge on any atom is 0.408 e. The molecule has 8 nitrogen and oxygen atoms in total. The van der Waals surface area contributed by atoms with Gasteiger partial charge in [-0.05, 0) is 88.1 Å². The number of aliphatic hydroxyl groups excluding tert-OH is 1. The van der Waals surface area contributed by atoms with E-state index in [0.717, 1.165) is 21.9 Å². The molecule has 2 unspecified atom stereocenters. The van der Waals surface area contributed by atoms with Crippen molar-refractivity contribution in [3.63, 3.8) is 0 Å². The van der Waals surface area contributed by atoms with Gasteiger partial charge in [-0.3, -0.25) is 9.59 Å². The zero-order chi connectivity index (χ0) is 28.9. The van der Waals surface area contributed by atoms with Crippen LogP contribution < -0.4 is 10.6 Å². The summed E-state index contributed by atoms with van der Waals surface area (Å²) in [5, 5.41) is 17.5. The molecular weight excluding hydrogens is 494 g/mol. The number of hydrogen-bond donors (Lipinski definition) is 3. The molecule has 0 saturated heterocycles. The van der Waals surface area contributed by atoms with Gasteiger partial charge in [0.05, 0.1) is 6.61 Å². The fraction of sp³-hybridized carbons (Fsp3) is 0.387. The number of fused-ring (bicyclic) bond motifs is 1. The molecule has 0 aromatic heterocycles. The highest BCUT2D eigenvalue weighted by molar-refractivity contribution is 6.00. The predicted molar refractivity (Wildman–Crippen MR) is 153 cm³/mol. The second kappa shape index (κ2) is 12.3. The summed E-state index contributed by atoms with van der Waals surface area (Å²) in [6.45, 7) is 11.9. The summed E-state index contributed by atoms with van der Waals surface area (Å²) >= 11 is 0. The van der Waals surface area contributed by atoms with E-state index in [4.69, 9.17) is 4.74 Å². The van der Waals surface area contributed by atoms with E-state index >= 15 is 0 Å². The molecule has 3 rings (SSSR count). The summed E-state index contributed by atoms with van der Waals surface area (Å²) in [5.41, 5.74) is 2.30. The van der Waals surface area contributed by atoms with E-state index in [2.05, 4.69) is 10.6 Å².